The van der Waals surface area contributed by atoms with Gasteiger partial charge >= 0.3 is 5.97 Å². The highest BCUT2D eigenvalue weighted by molar-refractivity contribution is 5.79. The lowest BCUT2D eigenvalue weighted by molar-refractivity contribution is -0.151. The van der Waals surface area contributed by atoms with E-state index >= 15 is 0 Å². The monoisotopic (exact) mass is 195 g/mol. The number of ether oxygens (including phenoxy) is 2. The molecule has 4 nitrogen and oxygen atoms in total. The molecular formula is C10H13NO3. The Morgan fingerprint density at radius 3 is 3.07 bits per heavy atom. The molecular weight excluding hydrogens is 182 g/mol. The van der Waals surface area contributed by atoms with Crippen LogP contribution in [0.2, 0.25) is 0 Å². The van der Waals surface area contributed by atoms with E-state index in [1.165, 1.54) is 13.4 Å². The highest BCUT2D eigenvalue weighted by atomic mass is 16.5. The van der Waals surface area contributed by atoms with Crippen molar-refractivity contribution in [3.05, 3.63) is 12.3 Å². The minimum atomic E-state index is -0.650. The summed E-state index contributed by atoms with van der Waals surface area (Å²) in [5, 5.41) is 8.51. The zero-order chi connectivity index (χ0) is 10.4. The van der Waals surface area contributed by atoms with E-state index in [1.54, 1.807) is 6.08 Å². The molecule has 76 valence electrons. The van der Waals surface area contributed by atoms with Gasteiger partial charge in [0.2, 0.25) is 0 Å². The number of carbonyl (C=O) groups is 1. The molecule has 0 fully saturated rings. The maximum absolute atomic E-state index is 11.6. The van der Waals surface area contributed by atoms with Crippen LogP contribution in [0.1, 0.15) is 19.3 Å². The fourth-order valence-electron chi connectivity index (χ4n) is 1.53. The van der Waals surface area contributed by atoms with Gasteiger partial charge in [-0.15, -0.1) is 0 Å². The summed E-state index contributed by atoms with van der Waals surface area (Å²) in [6.07, 6.45) is 4.63. The Morgan fingerprint density at radius 1 is 1.79 bits per heavy atom. The molecule has 4 heteroatoms. The quantitative estimate of drug-likeness (QED) is 0.638. The van der Waals surface area contributed by atoms with Gasteiger partial charge in [-0.2, -0.15) is 5.26 Å². The van der Waals surface area contributed by atoms with Crippen molar-refractivity contribution in [3.63, 3.8) is 0 Å². The number of methoxy groups -OCH3 is 1. The molecule has 0 aromatic rings. The summed E-state index contributed by atoms with van der Waals surface area (Å²) in [6, 6.07) is 2.04. The lowest BCUT2D eigenvalue weighted by atomic mass is 9.79. The van der Waals surface area contributed by atoms with Crippen molar-refractivity contribution in [3.8, 4) is 6.07 Å². The predicted molar refractivity (Wildman–Crippen MR) is 49.0 cm³/mol. The Kier molecular flexibility index (Phi) is 3.52. The number of hydrogen-bond donors (Lipinski definition) is 0. The third-order valence-corrected chi connectivity index (χ3v) is 2.42. The van der Waals surface area contributed by atoms with Crippen molar-refractivity contribution >= 4 is 5.97 Å². The van der Waals surface area contributed by atoms with Gasteiger partial charge in [0.1, 0.15) is 0 Å². The molecule has 0 amide bonds. The fourth-order valence-corrected chi connectivity index (χ4v) is 1.53. The maximum Gasteiger partial charge on any atom is 0.315 e. The average molecular weight is 195 g/mol. The standard InChI is InChI=1S/C10H13NO3/c1-13-9(12)10(3-2-6-11)4-7-14-8-5-10/h4,7H,2-3,5,8H2,1H3. The van der Waals surface area contributed by atoms with Gasteiger partial charge in [0.15, 0.2) is 0 Å². The predicted octanol–water partition coefficient (Wildman–Crippen LogP) is 1.38. The Balaban J connectivity index is 2.78. The Labute approximate surface area is 83.1 Å². The molecule has 1 aliphatic heterocycles. The summed E-state index contributed by atoms with van der Waals surface area (Å²) >= 11 is 0. The summed E-state index contributed by atoms with van der Waals surface area (Å²) in [7, 11) is 1.36. The first-order valence-corrected chi connectivity index (χ1v) is 4.50. The third-order valence-electron chi connectivity index (χ3n) is 2.42. The summed E-state index contributed by atoms with van der Waals surface area (Å²) in [4.78, 5) is 11.6. The lowest BCUT2D eigenvalue weighted by Gasteiger charge is -2.29. The van der Waals surface area contributed by atoms with Crippen molar-refractivity contribution in [2.75, 3.05) is 13.7 Å². The average Bonchev–Trinajstić information content (AvgIpc) is 2.26. The first kappa shape index (κ1) is 10.6. The summed E-state index contributed by atoms with van der Waals surface area (Å²) in [6.45, 7) is 0.497. The Hall–Kier alpha value is -1.50. The van der Waals surface area contributed by atoms with Crippen LogP contribution in [0, 0.1) is 16.7 Å². The molecule has 0 radical (unpaired) electrons. The molecule has 0 saturated carbocycles. The number of nitrogens with zero attached hydrogens (tertiary/aromatic N) is 1. The third kappa shape index (κ3) is 2.05. The smallest absolute Gasteiger partial charge is 0.315 e. The molecule has 0 spiro atoms. The Morgan fingerprint density at radius 2 is 2.57 bits per heavy atom. The van der Waals surface area contributed by atoms with Crippen molar-refractivity contribution < 1.29 is 14.3 Å². The molecule has 1 atom stereocenters. The molecule has 14 heavy (non-hydrogen) atoms. The van der Waals surface area contributed by atoms with Crippen LogP contribution in [0.5, 0.6) is 0 Å². The molecule has 1 rings (SSSR count). The van der Waals surface area contributed by atoms with Crippen LogP contribution in [0.25, 0.3) is 0 Å². The van der Waals surface area contributed by atoms with Gasteiger partial charge in [0.25, 0.3) is 0 Å². The van der Waals surface area contributed by atoms with Crippen LogP contribution >= 0.6 is 0 Å². The highest BCUT2D eigenvalue weighted by Crippen LogP contribution is 2.34. The van der Waals surface area contributed by atoms with E-state index in [1.807, 2.05) is 6.07 Å². The minimum Gasteiger partial charge on any atom is -0.501 e. The van der Waals surface area contributed by atoms with Crippen LogP contribution in [0.4, 0.5) is 0 Å². The molecule has 0 N–H and O–H groups in total. The van der Waals surface area contributed by atoms with E-state index in [9.17, 15) is 4.79 Å². The second kappa shape index (κ2) is 4.66. The van der Waals surface area contributed by atoms with Crippen LogP contribution in [-0.2, 0) is 14.3 Å². The van der Waals surface area contributed by atoms with Crippen molar-refractivity contribution in [1.82, 2.24) is 0 Å². The van der Waals surface area contributed by atoms with E-state index in [2.05, 4.69) is 0 Å². The molecule has 0 aliphatic carbocycles. The number of rotatable bonds is 3. The second-order valence-electron chi connectivity index (χ2n) is 3.23. The summed E-state index contributed by atoms with van der Waals surface area (Å²) < 4.78 is 9.76. The minimum absolute atomic E-state index is 0.285. The van der Waals surface area contributed by atoms with Gasteiger partial charge in [-0.05, 0) is 12.5 Å². The van der Waals surface area contributed by atoms with Crippen LogP contribution in [0.15, 0.2) is 12.3 Å². The van der Waals surface area contributed by atoms with Gasteiger partial charge in [0, 0.05) is 12.8 Å². The Bertz CT molecular complexity index is 280. The number of nitriles is 1. The molecule has 0 aromatic carbocycles. The topological polar surface area (TPSA) is 59.3 Å². The van der Waals surface area contributed by atoms with E-state index < -0.39 is 5.41 Å². The number of hydrogen-bond acceptors (Lipinski definition) is 4. The van der Waals surface area contributed by atoms with E-state index in [-0.39, 0.29) is 5.97 Å². The van der Waals surface area contributed by atoms with Gasteiger partial charge < -0.3 is 9.47 Å². The van der Waals surface area contributed by atoms with Gasteiger partial charge in [-0.25, -0.2) is 0 Å². The zero-order valence-electron chi connectivity index (χ0n) is 8.16. The number of esters is 1. The molecule has 1 aliphatic rings. The van der Waals surface area contributed by atoms with Crippen LogP contribution in [-0.4, -0.2) is 19.7 Å². The van der Waals surface area contributed by atoms with Crippen LogP contribution in [0.3, 0.4) is 0 Å². The second-order valence-corrected chi connectivity index (χ2v) is 3.23. The molecule has 1 heterocycles. The molecule has 0 bridgehead atoms. The van der Waals surface area contributed by atoms with Gasteiger partial charge in [-0.1, -0.05) is 0 Å². The largest absolute Gasteiger partial charge is 0.501 e. The van der Waals surface area contributed by atoms with E-state index in [0.717, 1.165) is 0 Å². The van der Waals surface area contributed by atoms with Gasteiger partial charge in [-0.3, -0.25) is 4.79 Å². The van der Waals surface area contributed by atoms with Gasteiger partial charge in [0.05, 0.1) is 31.5 Å². The zero-order valence-corrected chi connectivity index (χ0v) is 8.16. The number of carbonyl (C=O) groups excluding carboxylic acids is 1. The lowest BCUT2D eigenvalue weighted by Crippen LogP contribution is -2.33. The molecule has 0 saturated heterocycles. The summed E-state index contributed by atoms with van der Waals surface area (Å²) in [5.41, 5.74) is -0.650. The first-order chi connectivity index (χ1) is 6.75. The van der Waals surface area contributed by atoms with Crippen LogP contribution < -0.4 is 0 Å². The molecule has 0 aromatic heterocycles. The van der Waals surface area contributed by atoms with E-state index in [4.69, 9.17) is 14.7 Å². The summed E-state index contributed by atoms with van der Waals surface area (Å²) in [5.74, 6) is -0.285. The molecule has 1 unspecified atom stereocenters. The van der Waals surface area contributed by atoms with Crippen molar-refractivity contribution in [2.45, 2.75) is 19.3 Å². The first-order valence-electron chi connectivity index (χ1n) is 4.50. The van der Waals surface area contributed by atoms with Crippen molar-refractivity contribution in [1.29, 1.82) is 5.26 Å². The maximum atomic E-state index is 11.6. The SMILES string of the molecule is COC(=O)C1(CCC#N)C=COCC1. The normalized spacial score (nSPS) is 24.9. The highest BCUT2D eigenvalue weighted by Gasteiger charge is 2.38. The van der Waals surface area contributed by atoms with Crippen molar-refractivity contribution in [2.24, 2.45) is 5.41 Å². The van der Waals surface area contributed by atoms with E-state index in [0.29, 0.717) is 25.9 Å². The fraction of sp³-hybridized carbons (Fsp3) is 0.600.